The molecule has 2 aromatic rings. The maximum atomic E-state index is 11.8. The highest BCUT2D eigenvalue weighted by Gasteiger charge is 2.18. The predicted octanol–water partition coefficient (Wildman–Crippen LogP) is 2.44. The van der Waals surface area contributed by atoms with Gasteiger partial charge in [0.25, 0.3) is 0 Å². The number of hydrogen-bond acceptors (Lipinski definition) is 4. The number of carbonyl (C=O) groups excluding carboxylic acids is 1. The summed E-state index contributed by atoms with van der Waals surface area (Å²) in [5, 5.41) is 7.96. The highest BCUT2D eigenvalue weighted by atomic mass is 16.5. The highest BCUT2D eigenvalue weighted by Crippen LogP contribution is 2.16. The molecule has 0 saturated carbocycles. The summed E-state index contributed by atoms with van der Waals surface area (Å²) in [6.07, 6.45) is 1.84. The SMILES string of the molecule is CCCCOC(=O)c1nnc(-c2ccccc2)n1C. The van der Waals surface area contributed by atoms with Gasteiger partial charge in [-0.05, 0) is 6.42 Å². The van der Waals surface area contributed by atoms with Crippen LogP contribution in [0.4, 0.5) is 0 Å². The molecule has 2 rings (SSSR count). The van der Waals surface area contributed by atoms with E-state index in [-0.39, 0.29) is 5.82 Å². The minimum atomic E-state index is -0.425. The van der Waals surface area contributed by atoms with Gasteiger partial charge in [0.05, 0.1) is 6.61 Å². The molecule has 5 nitrogen and oxygen atoms in total. The summed E-state index contributed by atoms with van der Waals surface area (Å²) in [5.74, 6) is 0.462. The van der Waals surface area contributed by atoms with E-state index in [1.54, 1.807) is 11.6 Å². The number of esters is 1. The van der Waals surface area contributed by atoms with E-state index in [0.717, 1.165) is 18.4 Å². The second-order valence-electron chi connectivity index (χ2n) is 4.26. The Morgan fingerprint density at radius 3 is 2.68 bits per heavy atom. The van der Waals surface area contributed by atoms with E-state index in [2.05, 4.69) is 10.2 Å². The molecule has 0 saturated heterocycles. The lowest BCUT2D eigenvalue weighted by Gasteiger charge is -2.04. The third-order valence-corrected chi connectivity index (χ3v) is 2.82. The molecule has 100 valence electrons. The summed E-state index contributed by atoms with van der Waals surface area (Å²) >= 11 is 0. The fourth-order valence-corrected chi connectivity index (χ4v) is 1.72. The van der Waals surface area contributed by atoms with Crippen LogP contribution in [0.5, 0.6) is 0 Å². The van der Waals surface area contributed by atoms with Gasteiger partial charge in [-0.2, -0.15) is 0 Å². The second-order valence-corrected chi connectivity index (χ2v) is 4.26. The van der Waals surface area contributed by atoms with Gasteiger partial charge in [-0.25, -0.2) is 4.79 Å². The number of hydrogen-bond donors (Lipinski definition) is 0. The minimum absolute atomic E-state index is 0.231. The van der Waals surface area contributed by atoms with Crippen molar-refractivity contribution in [1.29, 1.82) is 0 Å². The van der Waals surface area contributed by atoms with Crippen LogP contribution < -0.4 is 0 Å². The van der Waals surface area contributed by atoms with Gasteiger partial charge in [0, 0.05) is 12.6 Å². The second kappa shape index (κ2) is 6.13. The maximum absolute atomic E-state index is 11.8. The Morgan fingerprint density at radius 1 is 1.26 bits per heavy atom. The lowest BCUT2D eigenvalue weighted by Crippen LogP contribution is -2.12. The van der Waals surface area contributed by atoms with E-state index < -0.39 is 5.97 Å². The van der Waals surface area contributed by atoms with Crippen LogP contribution in [0.15, 0.2) is 30.3 Å². The Hall–Kier alpha value is -2.17. The summed E-state index contributed by atoms with van der Waals surface area (Å²) in [7, 11) is 1.76. The highest BCUT2D eigenvalue weighted by molar-refractivity contribution is 5.86. The zero-order valence-corrected chi connectivity index (χ0v) is 11.2. The topological polar surface area (TPSA) is 57.0 Å². The molecule has 0 aliphatic rings. The number of unbranched alkanes of at least 4 members (excludes halogenated alkanes) is 1. The van der Waals surface area contributed by atoms with Crippen LogP contribution in [0.2, 0.25) is 0 Å². The maximum Gasteiger partial charge on any atom is 0.376 e. The van der Waals surface area contributed by atoms with Gasteiger partial charge < -0.3 is 9.30 Å². The van der Waals surface area contributed by atoms with E-state index in [1.807, 2.05) is 37.3 Å². The average molecular weight is 259 g/mol. The van der Waals surface area contributed by atoms with Crippen LogP contribution in [-0.4, -0.2) is 27.3 Å². The minimum Gasteiger partial charge on any atom is -0.460 e. The van der Waals surface area contributed by atoms with Crippen molar-refractivity contribution in [2.45, 2.75) is 19.8 Å². The first-order chi connectivity index (χ1) is 9.24. The smallest absolute Gasteiger partial charge is 0.376 e. The van der Waals surface area contributed by atoms with Gasteiger partial charge in [0.15, 0.2) is 5.82 Å². The molecule has 0 aliphatic carbocycles. The van der Waals surface area contributed by atoms with E-state index in [0.29, 0.717) is 12.4 Å². The Kier molecular flexibility index (Phi) is 4.28. The van der Waals surface area contributed by atoms with E-state index >= 15 is 0 Å². The van der Waals surface area contributed by atoms with Gasteiger partial charge in [-0.15, -0.1) is 10.2 Å². The molecule has 0 atom stereocenters. The number of ether oxygens (including phenoxy) is 1. The fraction of sp³-hybridized carbons (Fsp3) is 0.357. The van der Waals surface area contributed by atoms with Crippen LogP contribution in [0.3, 0.4) is 0 Å². The number of nitrogens with zero attached hydrogens (tertiary/aromatic N) is 3. The van der Waals surface area contributed by atoms with Gasteiger partial charge >= 0.3 is 5.97 Å². The Labute approximate surface area is 112 Å². The van der Waals surface area contributed by atoms with Crippen molar-refractivity contribution in [1.82, 2.24) is 14.8 Å². The first kappa shape index (κ1) is 13.3. The van der Waals surface area contributed by atoms with Crippen molar-refractivity contribution in [3.8, 4) is 11.4 Å². The number of carbonyl (C=O) groups is 1. The summed E-state index contributed by atoms with van der Waals surface area (Å²) < 4.78 is 6.79. The van der Waals surface area contributed by atoms with E-state index in [1.165, 1.54) is 0 Å². The molecule has 0 amide bonds. The van der Waals surface area contributed by atoms with Crippen molar-refractivity contribution in [3.63, 3.8) is 0 Å². The van der Waals surface area contributed by atoms with Gasteiger partial charge in [-0.1, -0.05) is 43.7 Å². The van der Waals surface area contributed by atoms with Crippen molar-refractivity contribution in [2.75, 3.05) is 6.61 Å². The molecule has 1 aromatic heterocycles. The zero-order valence-electron chi connectivity index (χ0n) is 11.2. The average Bonchev–Trinajstić information content (AvgIpc) is 2.82. The molecule has 0 N–H and O–H groups in total. The molecule has 19 heavy (non-hydrogen) atoms. The molecule has 0 aliphatic heterocycles. The quantitative estimate of drug-likeness (QED) is 0.611. The van der Waals surface area contributed by atoms with Crippen LogP contribution in [0.1, 0.15) is 30.4 Å². The first-order valence-corrected chi connectivity index (χ1v) is 6.36. The molecule has 0 spiro atoms. The van der Waals surface area contributed by atoms with Gasteiger partial charge in [-0.3, -0.25) is 0 Å². The Balaban J connectivity index is 2.17. The summed E-state index contributed by atoms with van der Waals surface area (Å²) in [6.45, 7) is 2.46. The largest absolute Gasteiger partial charge is 0.460 e. The zero-order chi connectivity index (χ0) is 13.7. The van der Waals surface area contributed by atoms with Crippen LogP contribution in [-0.2, 0) is 11.8 Å². The Morgan fingerprint density at radius 2 is 2.00 bits per heavy atom. The van der Waals surface area contributed by atoms with Crippen molar-refractivity contribution < 1.29 is 9.53 Å². The lowest BCUT2D eigenvalue weighted by molar-refractivity contribution is 0.0481. The third kappa shape index (κ3) is 2.99. The van der Waals surface area contributed by atoms with Crippen LogP contribution in [0.25, 0.3) is 11.4 Å². The third-order valence-electron chi connectivity index (χ3n) is 2.82. The van der Waals surface area contributed by atoms with Crippen LogP contribution in [0, 0.1) is 0 Å². The fourth-order valence-electron chi connectivity index (χ4n) is 1.72. The van der Waals surface area contributed by atoms with Gasteiger partial charge in [0.1, 0.15) is 0 Å². The molecule has 1 aromatic carbocycles. The van der Waals surface area contributed by atoms with Crippen molar-refractivity contribution >= 4 is 5.97 Å². The molecule has 1 heterocycles. The monoisotopic (exact) mass is 259 g/mol. The molecule has 0 fully saturated rings. The van der Waals surface area contributed by atoms with Crippen LogP contribution >= 0.6 is 0 Å². The molecular formula is C14H17N3O2. The standard InChI is InChI=1S/C14H17N3O2/c1-3-4-10-19-14(18)13-16-15-12(17(13)2)11-8-6-5-7-9-11/h5-9H,3-4,10H2,1-2H3. The Bertz CT molecular complexity index is 549. The van der Waals surface area contributed by atoms with Gasteiger partial charge in [0.2, 0.25) is 5.82 Å². The molecule has 0 unspecified atom stereocenters. The first-order valence-electron chi connectivity index (χ1n) is 6.36. The summed E-state index contributed by atoms with van der Waals surface area (Å²) in [4.78, 5) is 11.8. The number of rotatable bonds is 5. The van der Waals surface area contributed by atoms with E-state index in [4.69, 9.17) is 4.74 Å². The molecular weight excluding hydrogens is 242 g/mol. The van der Waals surface area contributed by atoms with E-state index in [9.17, 15) is 4.79 Å². The number of benzene rings is 1. The normalized spacial score (nSPS) is 10.4. The molecule has 5 heteroatoms. The predicted molar refractivity (Wildman–Crippen MR) is 71.6 cm³/mol. The molecule has 0 radical (unpaired) electrons. The summed E-state index contributed by atoms with van der Waals surface area (Å²) in [5.41, 5.74) is 0.921. The van der Waals surface area contributed by atoms with Crippen molar-refractivity contribution in [3.05, 3.63) is 36.2 Å². The molecule has 0 bridgehead atoms. The number of aromatic nitrogens is 3. The van der Waals surface area contributed by atoms with Crippen molar-refractivity contribution in [2.24, 2.45) is 7.05 Å². The summed E-state index contributed by atoms with van der Waals surface area (Å²) in [6, 6.07) is 9.62. The lowest BCUT2D eigenvalue weighted by atomic mass is 10.2.